The van der Waals surface area contributed by atoms with Crippen LogP contribution in [0.25, 0.3) is 0 Å². The second-order valence-corrected chi connectivity index (χ2v) is 5.46. The number of nitrogens with zero attached hydrogens (tertiary/aromatic N) is 1. The highest BCUT2D eigenvalue weighted by molar-refractivity contribution is 4.96. The Labute approximate surface area is 101 Å². The van der Waals surface area contributed by atoms with E-state index in [0.29, 0.717) is 0 Å². The summed E-state index contributed by atoms with van der Waals surface area (Å²) in [7, 11) is 2.23. The van der Waals surface area contributed by atoms with Crippen LogP contribution in [0.5, 0.6) is 0 Å². The molecule has 0 saturated carbocycles. The third-order valence-electron chi connectivity index (χ3n) is 3.22. The monoisotopic (exact) mass is 224 g/mol. The number of nitrogens with one attached hydrogen (secondary N) is 1. The summed E-state index contributed by atoms with van der Waals surface area (Å²) >= 11 is 0. The van der Waals surface area contributed by atoms with Crippen LogP contribution < -0.4 is 5.32 Å². The van der Waals surface area contributed by atoms with Crippen molar-refractivity contribution in [3.8, 4) is 0 Å². The van der Waals surface area contributed by atoms with Crippen molar-refractivity contribution in [3.63, 3.8) is 0 Å². The van der Waals surface area contributed by atoms with Crippen LogP contribution in [0.15, 0.2) is 12.2 Å². The van der Waals surface area contributed by atoms with Crippen LogP contribution in [-0.2, 0) is 0 Å². The minimum Gasteiger partial charge on any atom is -0.315 e. The number of likely N-dealkylation sites (N-methyl/N-ethyl adjacent to an activating group) is 1. The van der Waals surface area contributed by atoms with E-state index in [1.165, 1.54) is 32.4 Å². The summed E-state index contributed by atoms with van der Waals surface area (Å²) in [6.45, 7) is 9.17. The van der Waals surface area contributed by atoms with Crippen LogP contribution in [0.3, 0.4) is 0 Å². The van der Waals surface area contributed by atoms with Crippen molar-refractivity contribution in [1.29, 1.82) is 0 Å². The van der Waals surface area contributed by atoms with E-state index in [4.69, 9.17) is 0 Å². The second kappa shape index (κ2) is 7.86. The fraction of sp³-hybridized carbons (Fsp3) is 0.857. The summed E-state index contributed by atoms with van der Waals surface area (Å²) in [6, 6.07) is 0. The van der Waals surface area contributed by atoms with Gasteiger partial charge in [-0.3, -0.25) is 0 Å². The molecule has 2 nitrogen and oxygen atoms in total. The number of hydrogen-bond donors (Lipinski definition) is 1. The van der Waals surface area contributed by atoms with Crippen molar-refractivity contribution in [2.45, 2.75) is 33.1 Å². The molecule has 16 heavy (non-hydrogen) atoms. The maximum absolute atomic E-state index is 3.49. The zero-order valence-corrected chi connectivity index (χ0v) is 11.2. The molecule has 0 heterocycles. The van der Waals surface area contributed by atoms with Crippen LogP contribution in [0.2, 0.25) is 0 Å². The molecule has 0 spiro atoms. The third kappa shape index (κ3) is 6.29. The molecule has 2 heteroatoms. The first kappa shape index (κ1) is 13.7. The molecule has 0 aromatic heterocycles. The molecular weight excluding hydrogens is 196 g/mol. The van der Waals surface area contributed by atoms with E-state index >= 15 is 0 Å². The quantitative estimate of drug-likeness (QED) is 0.503. The van der Waals surface area contributed by atoms with Crippen molar-refractivity contribution < 1.29 is 0 Å². The molecule has 0 aliphatic heterocycles. The lowest BCUT2D eigenvalue weighted by Gasteiger charge is -2.19. The zero-order valence-electron chi connectivity index (χ0n) is 11.2. The Balaban J connectivity index is 1.93. The van der Waals surface area contributed by atoms with Gasteiger partial charge in [-0.15, -0.1) is 0 Å². The number of hydrogen-bond acceptors (Lipinski definition) is 2. The first-order chi connectivity index (χ1) is 7.68. The Morgan fingerprint density at radius 3 is 2.81 bits per heavy atom. The smallest absolute Gasteiger partial charge is 0.0104 e. The number of allylic oxidation sites excluding steroid dienone is 2. The Bertz CT molecular complexity index is 199. The first-order valence-corrected chi connectivity index (χ1v) is 6.74. The van der Waals surface area contributed by atoms with E-state index < -0.39 is 0 Å². The van der Waals surface area contributed by atoms with Gasteiger partial charge in [-0.1, -0.05) is 26.0 Å². The SMILES string of the molecule is CC(C)CNCCN(C)CCC1C=CCC1. The van der Waals surface area contributed by atoms with E-state index in [2.05, 4.69) is 43.3 Å². The van der Waals surface area contributed by atoms with Gasteiger partial charge in [-0.05, 0) is 51.2 Å². The van der Waals surface area contributed by atoms with Gasteiger partial charge in [0.15, 0.2) is 0 Å². The van der Waals surface area contributed by atoms with Crippen molar-refractivity contribution in [2.75, 3.05) is 33.2 Å². The molecule has 0 bridgehead atoms. The lowest BCUT2D eigenvalue weighted by atomic mass is 10.1. The first-order valence-electron chi connectivity index (χ1n) is 6.74. The molecule has 0 aromatic rings. The van der Waals surface area contributed by atoms with Gasteiger partial charge in [0.25, 0.3) is 0 Å². The Hall–Kier alpha value is -0.340. The molecule has 0 radical (unpaired) electrons. The van der Waals surface area contributed by atoms with Crippen molar-refractivity contribution in [1.82, 2.24) is 10.2 Å². The highest BCUT2D eigenvalue weighted by Gasteiger charge is 2.09. The molecule has 1 unspecified atom stereocenters. The summed E-state index contributed by atoms with van der Waals surface area (Å²) in [5.41, 5.74) is 0. The molecule has 94 valence electrons. The Kier molecular flexibility index (Phi) is 6.74. The standard InChI is InChI=1S/C14H28N2/c1-13(2)12-15-9-11-16(3)10-8-14-6-4-5-7-14/h4,6,13-15H,5,7-12H2,1-3H3. The van der Waals surface area contributed by atoms with Crippen molar-refractivity contribution in [3.05, 3.63) is 12.2 Å². The average molecular weight is 224 g/mol. The summed E-state index contributed by atoms with van der Waals surface area (Å²) in [6.07, 6.45) is 8.72. The van der Waals surface area contributed by atoms with E-state index in [-0.39, 0.29) is 0 Å². The number of rotatable bonds is 8. The van der Waals surface area contributed by atoms with E-state index in [9.17, 15) is 0 Å². The van der Waals surface area contributed by atoms with Crippen molar-refractivity contribution in [2.24, 2.45) is 11.8 Å². The van der Waals surface area contributed by atoms with Crippen LogP contribution in [0.1, 0.15) is 33.1 Å². The normalized spacial score (nSPS) is 20.2. The van der Waals surface area contributed by atoms with Crippen LogP contribution in [0.4, 0.5) is 0 Å². The molecule has 1 rings (SSSR count). The summed E-state index contributed by atoms with van der Waals surface area (Å²) in [4.78, 5) is 2.44. The Morgan fingerprint density at radius 2 is 2.19 bits per heavy atom. The Morgan fingerprint density at radius 1 is 1.38 bits per heavy atom. The van der Waals surface area contributed by atoms with Crippen LogP contribution >= 0.6 is 0 Å². The molecule has 1 atom stereocenters. The highest BCUT2D eigenvalue weighted by Crippen LogP contribution is 2.20. The summed E-state index contributed by atoms with van der Waals surface area (Å²) in [5.74, 6) is 1.61. The third-order valence-corrected chi connectivity index (χ3v) is 3.22. The lowest BCUT2D eigenvalue weighted by molar-refractivity contribution is 0.308. The maximum Gasteiger partial charge on any atom is 0.0104 e. The van der Waals surface area contributed by atoms with E-state index in [1.54, 1.807) is 0 Å². The van der Waals surface area contributed by atoms with Gasteiger partial charge in [0, 0.05) is 13.1 Å². The molecule has 0 aromatic carbocycles. The molecule has 1 N–H and O–H groups in total. The van der Waals surface area contributed by atoms with Gasteiger partial charge < -0.3 is 10.2 Å². The zero-order chi connectivity index (χ0) is 11.8. The molecular formula is C14H28N2. The predicted molar refractivity (Wildman–Crippen MR) is 71.7 cm³/mol. The van der Waals surface area contributed by atoms with Gasteiger partial charge >= 0.3 is 0 Å². The van der Waals surface area contributed by atoms with Crippen molar-refractivity contribution >= 4 is 0 Å². The lowest BCUT2D eigenvalue weighted by Crippen LogP contribution is -2.32. The van der Waals surface area contributed by atoms with Gasteiger partial charge in [-0.2, -0.15) is 0 Å². The minimum absolute atomic E-state index is 0.758. The van der Waals surface area contributed by atoms with Gasteiger partial charge in [0.05, 0.1) is 0 Å². The molecule has 0 fully saturated rings. The summed E-state index contributed by atoms with van der Waals surface area (Å²) in [5, 5.41) is 3.49. The second-order valence-electron chi connectivity index (χ2n) is 5.46. The van der Waals surface area contributed by atoms with Crippen LogP contribution in [0, 0.1) is 11.8 Å². The molecule has 1 aliphatic carbocycles. The maximum atomic E-state index is 3.49. The average Bonchev–Trinajstić information content (AvgIpc) is 2.74. The molecule has 0 amide bonds. The topological polar surface area (TPSA) is 15.3 Å². The largest absolute Gasteiger partial charge is 0.315 e. The molecule has 1 aliphatic rings. The van der Waals surface area contributed by atoms with E-state index in [0.717, 1.165) is 24.9 Å². The molecule has 0 saturated heterocycles. The van der Waals surface area contributed by atoms with Gasteiger partial charge in [0.1, 0.15) is 0 Å². The van der Waals surface area contributed by atoms with E-state index in [1.807, 2.05) is 0 Å². The van der Waals surface area contributed by atoms with Gasteiger partial charge in [-0.25, -0.2) is 0 Å². The predicted octanol–water partition coefficient (Wildman–Crippen LogP) is 2.52. The summed E-state index contributed by atoms with van der Waals surface area (Å²) < 4.78 is 0. The fourth-order valence-corrected chi connectivity index (χ4v) is 2.09. The van der Waals surface area contributed by atoms with Gasteiger partial charge in [0.2, 0.25) is 0 Å². The highest BCUT2D eigenvalue weighted by atomic mass is 15.1. The van der Waals surface area contributed by atoms with Crippen LogP contribution in [-0.4, -0.2) is 38.1 Å². The minimum atomic E-state index is 0.758. The fourth-order valence-electron chi connectivity index (χ4n) is 2.09.